The van der Waals surface area contributed by atoms with E-state index in [1.54, 1.807) is 0 Å². The summed E-state index contributed by atoms with van der Waals surface area (Å²) < 4.78 is 4.96. The number of para-hydroxylation sites is 1. The normalized spacial score (nSPS) is 15.8. The van der Waals surface area contributed by atoms with Gasteiger partial charge < -0.3 is 9.13 Å². The summed E-state index contributed by atoms with van der Waals surface area (Å²) in [4.78, 5) is 0. The lowest BCUT2D eigenvalue weighted by atomic mass is 9.83. The summed E-state index contributed by atoms with van der Waals surface area (Å²) in [6.07, 6.45) is 5.77. The van der Waals surface area contributed by atoms with Crippen LogP contribution in [0.15, 0.2) is 103 Å². The third-order valence-electron chi connectivity index (χ3n) is 8.65. The quantitative estimate of drug-likeness (QED) is 0.237. The second-order valence-electron chi connectivity index (χ2n) is 10.6. The van der Waals surface area contributed by atoms with Gasteiger partial charge in [0.2, 0.25) is 0 Å². The van der Waals surface area contributed by atoms with Crippen molar-refractivity contribution in [2.75, 3.05) is 0 Å². The zero-order valence-corrected chi connectivity index (χ0v) is 20.6. The number of nitrogens with zero attached hydrogens (tertiary/aromatic N) is 2. The highest BCUT2D eigenvalue weighted by Crippen LogP contribution is 2.52. The highest BCUT2D eigenvalue weighted by atomic mass is 15.0. The summed E-state index contributed by atoms with van der Waals surface area (Å²) in [5.41, 5.74) is 11.9. The van der Waals surface area contributed by atoms with Crippen molar-refractivity contribution in [3.8, 4) is 11.4 Å². The summed E-state index contributed by atoms with van der Waals surface area (Å²) >= 11 is 0. The first-order valence-electron chi connectivity index (χ1n) is 13.2. The van der Waals surface area contributed by atoms with Gasteiger partial charge in [-0.05, 0) is 78.4 Å². The van der Waals surface area contributed by atoms with Crippen LogP contribution in [0.1, 0.15) is 34.7 Å². The Hall–Kier alpha value is -4.56. The average molecular weight is 473 g/mol. The minimum atomic E-state index is 0.339. The van der Waals surface area contributed by atoms with Crippen LogP contribution in [-0.4, -0.2) is 9.13 Å². The van der Waals surface area contributed by atoms with E-state index < -0.39 is 0 Å². The van der Waals surface area contributed by atoms with E-state index in [-0.39, 0.29) is 0 Å². The predicted octanol–water partition coefficient (Wildman–Crippen LogP) is 9.05. The number of rotatable bonds is 2. The van der Waals surface area contributed by atoms with Gasteiger partial charge in [0, 0.05) is 38.8 Å². The van der Waals surface area contributed by atoms with Crippen LogP contribution < -0.4 is 0 Å². The zero-order chi connectivity index (χ0) is 24.2. The molecule has 2 aromatic heterocycles. The van der Waals surface area contributed by atoms with Crippen molar-refractivity contribution < 1.29 is 0 Å². The Kier molecular flexibility index (Phi) is 3.61. The first-order chi connectivity index (χ1) is 18.3. The number of aromatic nitrogens is 2. The van der Waals surface area contributed by atoms with Gasteiger partial charge in [-0.25, -0.2) is 0 Å². The van der Waals surface area contributed by atoms with Gasteiger partial charge >= 0.3 is 0 Å². The average Bonchev–Trinajstić information content (AvgIpc) is 3.42. The van der Waals surface area contributed by atoms with Gasteiger partial charge in [-0.2, -0.15) is 0 Å². The van der Waals surface area contributed by atoms with Gasteiger partial charge in [-0.1, -0.05) is 66.2 Å². The maximum Gasteiger partial charge on any atom is 0.0547 e. The van der Waals surface area contributed by atoms with E-state index in [0.29, 0.717) is 5.92 Å². The van der Waals surface area contributed by atoms with Crippen molar-refractivity contribution in [2.45, 2.75) is 19.3 Å². The Morgan fingerprint density at radius 1 is 0.595 bits per heavy atom. The fourth-order valence-corrected chi connectivity index (χ4v) is 7.17. The zero-order valence-electron chi connectivity index (χ0n) is 20.6. The number of fused-ring (bicyclic) bond motifs is 1. The predicted molar refractivity (Wildman–Crippen MR) is 155 cm³/mol. The van der Waals surface area contributed by atoms with Crippen molar-refractivity contribution in [3.63, 3.8) is 0 Å². The molecule has 0 saturated heterocycles. The first-order valence-corrected chi connectivity index (χ1v) is 13.2. The Morgan fingerprint density at radius 2 is 1.32 bits per heavy atom. The molecule has 0 fully saturated rings. The lowest BCUT2D eigenvalue weighted by molar-refractivity contribution is 0.827. The molecule has 0 radical (unpaired) electrons. The molecule has 1 unspecified atom stereocenters. The number of aryl methyl sites for hydroxylation is 1. The fraction of sp³-hybridized carbons (Fsp3) is 0.0857. The molecule has 1 atom stereocenters. The van der Waals surface area contributed by atoms with Crippen molar-refractivity contribution in [1.29, 1.82) is 0 Å². The first kappa shape index (κ1) is 19.6. The maximum atomic E-state index is 2.49. The van der Waals surface area contributed by atoms with E-state index in [2.05, 4.69) is 125 Å². The molecule has 174 valence electrons. The second-order valence-corrected chi connectivity index (χ2v) is 10.6. The summed E-state index contributed by atoms with van der Waals surface area (Å²) in [6.45, 7) is 2.16. The van der Waals surface area contributed by atoms with Crippen LogP contribution >= 0.6 is 0 Å². The second kappa shape index (κ2) is 6.80. The molecule has 9 rings (SSSR count). The van der Waals surface area contributed by atoms with Gasteiger partial charge in [0.15, 0.2) is 0 Å². The number of allylic oxidation sites excluding steroid dienone is 1. The molecule has 2 heterocycles. The largest absolute Gasteiger partial charge is 0.310 e. The molecule has 0 N–H and O–H groups in total. The van der Waals surface area contributed by atoms with Gasteiger partial charge in [0.25, 0.3) is 0 Å². The molecule has 0 amide bonds. The minimum absolute atomic E-state index is 0.339. The highest BCUT2D eigenvalue weighted by Gasteiger charge is 2.33. The third-order valence-corrected chi connectivity index (χ3v) is 8.65. The maximum absolute atomic E-state index is 2.49. The van der Waals surface area contributed by atoms with Crippen LogP contribution in [0.3, 0.4) is 0 Å². The van der Waals surface area contributed by atoms with E-state index in [1.165, 1.54) is 77.2 Å². The van der Waals surface area contributed by atoms with Crippen molar-refractivity contribution >= 4 is 49.6 Å². The molecule has 0 spiro atoms. The number of hydrogen-bond donors (Lipinski definition) is 0. The molecule has 2 aliphatic rings. The Balaban J connectivity index is 1.56. The smallest absolute Gasteiger partial charge is 0.0547 e. The number of hydrogen-bond acceptors (Lipinski definition) is 0. The topological polar surface area (TPSA) is 9.86 Å². The lowest BCUT2D eigenvalue weighted by Crippen LogP contribution is -2.07. The monoisotopic (exact) mass is 472 g/mol. The molecule has 0 bridgehead atoms. The molecular weight excluding hydrogens is 448 g/mol. The van der Waals surface area contributed by atoms with Crippen LogP contribution in [0.2, 0.25) is 0 Å². The summed E-state index contributed by atoms with van der Waals surface area (Å²) in [7, 11) is 0. The standard InChI is InChI=1S/C35H24N2/c1-21-13-17-24(18-14-21)37-28-12-6-10-26-25-9-5-11-27-32(25)34-29(36(27)23-7-3-2-4-8-23)19-15-22-16-20-30(37)35(31(22)34)33(26)28/h2-9,11-20,26H,10H2,1H3. The molecular formula is C35H24N2. The summed E-state index contributed by atoms with van der Waals surface area (Å²) in [5.74, 6) is 0.339. The van der Waals surface area contributed by atoms with E-state index in [9.17, 15) is 0 Å². The van der Waals surface area contributed by atoms with E-state index in [4.69, 9.17) is 0 Å². The Labute approximate surface area is 214 Å². The number of benzene rings is 5. The van der Waals surface area contributed by atoms with E-state index in [1.807, 2.05) is 0 Å². The molecule has 0 saturated carbocycles. The molecule has 5 aromatic carbocycles. The van der Waals surface area contributed by atoms with E-state index in [0.717, 1.165) is 6.42 Å². The van der Waals surface area contributed by atoms with Gasteiger partial charge in [0.05, 0.1) is 22.2 Å². The van der Waals surface area contributed by atoms with Crippen LogP contribution in [0, 0.1) is 6.92 Å². The van der Waals surface area contributed by atoms with E-state index >= 15 is 0 Å². The molecule has 2 aliphatic carbocycles. The SMILES string of the molecule is Cc1ccc(-n2c3c4c5c6c(ccc52)ccc2c6c5c(cccc5n2-c2ccccc2)C4CC=C3)cc1. The van der Waals surface area contributed by atoms with Gasteiger partial charge in [-0.15, -0.1) is 0 Å². The van der Waals surface area contributed by atoms with Crippen LogP contribution in [0.4, 0.5) is 0 Å². The Morgan fingerprint density at radius 3 is 2.14 bits per heavy atom. The summed E-state index contributed by atoms with van der Waals surface area (Å²) in [5, 5.41) is 6.97. The molecule has 0 aliphatic heterocycles. The highest BCUT2D eigenvalue weighted by molar-refractivity contribution is 6.31. The van der Waals surface area contributed by atoms with Gasteiger partial charge in [-0.3, -0.25) is 0 Å². The Bertz CT molecular complexity index is 2100. The van der Waals surface area contributed by atoms with Crippen molar-refractivity contribution in [1.82, 2.24) is 9.13 Å². The lowest BCUT2D eigenvalue weighted by Gasteiger charge is -2.22. The third kappa shape index (κ3) is 2.36. The van der Waals surface area contributed by atoms with Crippen molar-refractivity contribution in [3.05, 3.63) is 126 Å². The minimum Gasteiger partial charge on any atom is -0.310 e. The molecule has 37 heavy (non-hydrogen) atoms. The van der Waals surface area contributed by atoms with Crippen molar-refractivity contribution in [2.24, 2.45) is 0 Å². The fourth-order valence-electron chi connectivity index (χ4n) is 7.17. The van der Waals surface area contributed by atoms with Crippen LogP contribution in [-0.2, 0) is 0 Å². The van der Waals surface area contributed by atoms with Gasteiger partial charge in [0.1, 0.15) is 0 Å². The molecule has 2 nitrogen and oxygen atoms in total. The molecule has 7 aromatic rings. The summed E-state index contributed by atoms with van der Waals surface area (Å²) in [6, 6.07) is 36.1. The van der Waals surface area contributed by atoms with Crippen LogP contribution in [0.5, 0.6) is 0 Å². The molecule has 2 heteroatoms. The van der Waals surface area contributed by atoms with Crippen LogP contribution in [0.25, 0.3) is 60.9 Å².